The third kappa shape index (κ3) is 4.95. The quantitative estimate of drug-likeness (QED) is 0.850. The Kier molecular flexibility index (Phi) is 5.67. The van der Waals surface area contributed by atoms with Crippen molar-refractivity contribution in [3.8, 4) is 0 Å². The molecule has 1 aromatic rings. The zero-order valence-corrected chi connectivity index (χ0v) is 13.3. The van der Waals surface area contributed by atoms with E-state index in [1.54, 1.807) is 0 Å². The number of hydrogen-bond donors (Lipinski definition) is 1. The second kappa shape index (κ2) is 7.28. The maximum atomic E-state index is 6.03. The second-order valence-corrected chi connectivity index (χ2v) is 6.75. The molecule has 1 aromatic heterocycles. The normalized spacial score (nSPS) is 27.1. The van der Waals surface area contributed by atoms with Gasteiger partial charge in [0.2, 0.25) is 0 Å². The van der Waals surface area contributed by atoms with Crippen LogP contribution in [0, 0.1) is 11.8 Å². The van der Waals surface area contributed by atoms with Crippen molar-refractivity contribution in [3.63, 3.8) is 0 Å². The van der Waals surface area contributed by atoms with Crippen molar-refractivity contribution >= 4 is 0 Å². The van der Waals surface area contributed by atoms with Crippen molar-refractivity contribution in [2.24, 2.45) is 11.8 Å². The van der Waals surface area contributed by atoms with E-state index >= 15 is 0 Å². The van der Waals surface area contributed by atoms with Crippen molar-refractivity contribution in [3.05, 3.63) is 23.7 Å². The topological polar surface area (TPSA) is 34.4 Å². The molecule has 1 heterocycles. The Hall–Kier alpha value is -0.800. The van der Waals surface area contributed by atoms with Crippen molar-refractivity contribution in [2.75, 3.05) is 0 Å². The first kappa shape index (κ1) is 15.6. The Balaban J connectivity index is 1.76. The highest BCUT2D eigenvalue weighted by Crippen LogP contribution is 2.30. The average Bonchev–Trinajstić information content (AvgIpc) is 2.81. The summed E-state index contributed by atoms with van der Waals surface area (Å²) in [5, 5.41) is 3.36. The minimum Gasteiger partial charge on any atom is -0.462 e. The lowest BCUT2D eigenvalue weighted by Gasteiger charge is -2.31. The van der Waals surface area contributed by atoms with Crippen LogP contribution in [0.3, 0.4) is 0 Å². The van der Waals surface area contributed by atoms with Crippen molar-refractivity contribution in [2.45, 2.75) is 72.3 Å². The molecule has 1 aliphatic carbocycles. The van der Waals surface area contributed by atoms with Crippen LogP contribution in [-0.2, 0) is 17.9 Å². The summed E-state index contributed by atoms with van der Waals surface area (Å²) in [4.78, 5) is 0. The highest BCUT2D eigenvalue weighted by molar-refractivity contribution is 5.06. The van der Waals surface area contributed by atoms with Gasteiger partial charge in [-0.05, 0) is 43.2 Å². The monoisotopic (exact) mass is 279 g/mol. The van der Waals surface area contributed by atoms with Crippen LogP contribution < -0.4 is 5.32 Å². The van der Waals surface area contributed by atoms with E-state index in [0.29, 0.717) is 18.8 Å². The fourth-order valence-electron chi connectivity index (χ4n) is 3.11. The molecule has 2 unspecified atom stereocenters. The van der Waals surface area contributed by atoms with Crippen LogP contribution in [-0.4, -0.2) is 12.1 Å². The molecule has 20 heavy (non-hydrogen) atoms. The largest absolute Gasteiger partial charge is 0.462 e. The molecule has 0 aromatic carbocycles. The van der Waals surface area contributed by atoms with E-state index < -0.39 is 0 Å². The van der Waals surface area contributed by atoms with E-state index in [2.05, 4.69) is 33.0 Å². The van der Waals surface area contributed by atoms with Crippen LogP contribution in [0.2, 0.25) is 0 Å². The number of rotatable bonds is 6. The molecular weight excluding hydrogens is 250 g/mol. The van der Waals surface area contributed by atoms with Gasteiger partial charge >= 0.3 is 0 Å². The Morgan fingerprint density at radius 2 is 1.80 bits per heavy atom. The fraction of sp³-hybridized carbons (Fsp3) is 0.765. The minimum atomic E-state index is 0.399. The minimum absolute atomic E-state index is 0.399. The van der Waals surface area contributed by atoms with Gasteiger partial charge in [0, 0.05) is 6.04 Å². The molecule has 2 rings (SSSR count). The van der Waals surface area contributed by atoms with Gasteiger partial charge in [-0.25, -0.2) is 0 Å². The van der Waals surface area contributed by atoms with E-state index in [-0.39, 0.29) is 0 Å². The lowest BCUT2D eigenvalue weighted by atomic mass is 9.82. The van der Waals surface area contributed by atoms with Crippen LogP contribution >= 0.6 is 0 Å². The number of nitrogens with one attached hydrogen (secondary N) is 1. The molecule has 0 spiro atoms. The van der Waals surface area contributed by atoms with Crippen LogP contribution in [0.25, 0.3) is 0 Å². The molecule has 0 saturated heterocycles. The molecule has 0 amide bonds. The van der Waals surface area contributed by atoms with Gasteiger partial charge in [-0.2, -0.15) is 0 Å². The lowest BCUT2D eigenvalue weighted by molar-refractivity contribution is -0.0159. The predicted octanol–water partition coefficient (Wildman–Crippen LogP) is 4.12. The van der Waals surface area contributed by atoms with E-state index in [0.717, 1.165) is 29.9 Å². The van der Waals surface area contributed by atoms with Crippen LogP contribution in [0.5, 0.6) is 0 Å². The van der Waals surface area contributed by atoms with Crippen molar-refractivity contribution < 1.29 is 9.15 Å². The number of ether oxygens (including phenoxy) is 1. The fourth-order valence-corrected chi connectivity index (χ4v) is 3.11. The molecule has 0 bridgehead atoms. The number of hydrogen-bond acceptors (Lipinski definition) is 3. The molecule has 2 atom stereocenters. The Labute approximate surface area is 123 Å². The van der Waals surface area contributed by atoms with Crippen LogP contribution in [0.1, 0.15) is 58.5 Å². The zero-order valence-electron chi connectivity index (χ0n) is 13.3. The van der Waals surface area contributed by atoms with Gasteiger partial charge in [-0.3, -0.25) is 0 Å². The second-order valence-electron chi connectivity index (χ2n) is 6.75. The summed E-state index contributed by atoms with van der Waals surface area (Å²) in [5.74, 6) is 3.50. The molecule has 1 fully saturated rings. The maximum Gasteiger partial charge on any atom is 0.129 e. The summed E-state index contributed by atoms with van der Waals surface area (Å²) in [7, 11) is 0. The molecule has 3 nitrogen and oxygen atoms in total. The van der Waals surface area contributed by atoms with Gasteiger partial charge < -0.3 is 14.5 Å². The summed E-state index contributed by atoms with van der Waals surface area (Å²) in [5.41, 5.74) is 0. The summed E-state index contributed by atoms with van der Waals surface area (Å²) in [6.45, 7) is 10.3. The summed E-state index contributed by atoms with van der Waals surface area (Å²) in [6.07, 6.45) is 4.11. The third-order valence-electron chi connectivity index (χ3n) is 4.00. The first-order chi connectivity index (χ1) is 9.52. The Morgan fingerprint density at radius 1 is 1.15 bits per heavy atom. The van der Waals surface area contributed by atoms with Gasteiger partial charge in [0.1, 0.15) is 18.1 Å². The highest BCUT2D eigenvalue weighted by atomic mass is 16.5. The molecule has 0 radical (unpaired) electrons. The first-order valence-corrected chi connectivity index (χ1v) is 7.95. The van der Waals surface area contributed by atoms with Gasteiger partial charge in [0.05, 0.1) is 12.6 Å². The third-order valence-corrected chi connectivity index (χ3v) is 4.00. The average molecular weight is 279 g/mol. The summed E-state index contributed by atoms with van der Waals surface area (Å²) >= 11 is 0. The maximum absolute atomic E-state index is 6.03. The van der Waals surface area contributed by atoms with Gasteiger partial charge in [0.15, 0.2) is 0 Å². The van der Waals surface area contributed by atoms with Gasteiger partial charge in [-0.15, -0.1) is 0 Å². The van der Waals surface area contributed by atoms with Crippen LogP contribution in [0.4, 0.5) is 0 Å². The molecule has 1 N–H and O–H groups in total. The molecule has 114 valence electrons. The van der Waals surface area contributed by atoms with Crippen molar-refractivity contribution in [1.29, 1.82) is 0 Å². The van der Waals surface area contributed by atoms with E-state index in [4.69, 9.17) is 9.15 Å². The van der Waals surface area contributed by atoms with Crippen molar-refractivity contribution in [1.82, 2.24) is 5.32 Å². The molecular formula is C17H29NO2. The molecule has 3 heteroatoms. The van der Waals surface area contributed by atoms with Gasteiger partial charge in [0.25, 0.3) is 0 Å². The zero-order chi connectivity index (χ0) is 14.5. The van der Waals surface area contributed by atoms with E-state index in [9.17, 15) is 0 Å². The lowest BCUT2D eigenvalue weighted by Crippen LogP contribution is -2.26. The Bertz CT molecular complexity index is 389. The first-order valence-electron chi connectivity index (χ1n) is 7.95. The smallest absolute Gasteiger partial charge is 0.129 e. The van der Waals surface area contributed by atoms with E-state index in [1.165, 1.54) is 19.3 Å². The molecule has 0 aliphatic heterocycles. The number of furan rings is 1. The van der Waals surface area contributed by atoms with Crippen LogP contribution in [0.15, 0.2) is 16.5 Å². The summed E-state index contributed by atoms with van der Waals surface area (Å²) < 4.78 is 11.8. The molecule has 1 saturated carbocycles. The Morgan fingerprint density at radius 3 is 2.45 bits per heavy atom. The standard InChI is InChI=1S/C17H29NO2/c1-12(2)18-10-15-5-6-16(20-15)11-19-17-8-13(3)7-14(4)9-17/h5-6,12-14,17-18H,7-11H2,1-4H3. The SMILES string of the molecule is CC1CC(C)CC(OCc2ccc(CNC(C)C)o2)C1. The highest BCUT2D eigenvalue weighted by Gasteiger charge is 2.24. The predicted molar refractivity (Wildman–Crippen MR) is 81.4 cm³/mol. The van der Waals surface area contributed by atoms with E-state index in [1.807, 2.05) is 12.1 Å². The van der Waals surface area contributed by atoms with Gasteiger partial charge in [-0.1, -0.05) is 27.7 Å². The summed E-state index contributed by atoms with van der Waals surface area (Å²) in [6, 6.07) is 4.55. The molecule has 1 aliphatic rings.